The topological polar surface area (TPSA) is 49.9 Å². The number of halogens is 5. The van der Waals surface area contributed by atoms with E-state index in [0.29, 0.717) is 51.0 Å². The summed E-state index contributed by atoms with van der Waals surface area (Å²) in [5.41, 5.74) is -0.670. The molecule has 0 N–H and O–H groups in total. The molecule has 0 radical (unpaired) electrons. The van der Waals surface area contributed by atoms with Crippen LogP contribution in [0.3, 0.4) is 0 Å². The van der Waals surface area contributed by atoms with Crippen LogP contribution in [-0.2, 0) is 9.59 Å². The zero-order valence-electron chi connectivity index (χ0n) is 17.8. The molecule has 0 bridgehead atoms. The lowest BCUT2D eigenvalue weighted by Crippen LogP contribution is -2.49. The number of hydrogen-bond donors (Lipinski definition) is 0. The Morgan fingerprint density at radius 3 is 2.12 bits per heavy atom. The van der Waals surface area contributed by atoms with Crippen molar-refractivity contribution >= 4 is 40.7 Å². The molecule has 0 aromatic heterocycles. The molecule has 2 unspecified atom stereocenters. The summed E-state index contributed by atoms with van der Waals surface area (Å²) in [6.45, 7) is 4.18. The fourth-order valence-corrected chi connectivity index (χ4v) is 5.32. The van der Waals surface area contributed by atoms with E-state index in [1.54, 1.807) is 28.9 Å². The Morgan fingerprint density at radius 1 is 1.09 bits per heavy atom. The summed E-state index contributed by atoms with van der Waals surface area (Å²) < 4.78 is 42.0. The molecule has 1 spiro atoms. The van der Waals surface area contributed by atoms with Gasteiger partial charge in [0.15, 0.2) is 6.10 Å². The number of hydrogen-bond acceptors (Lipinski definition) is 3. The van der Waals surface area contributed by atoms with E-state index < -0.39 is 27.4 Å². The highest BCUT2D eigenvalue weighted by Gasteiger charge is 2.69. The minimum atomic E-state index is -4.45. The number of amides is 2. The number of likely N-dealkylation sites (tertiary alicyclic amines) is 1. The first-order valence-corrected chi connectivity index (χ1v) is 11.4. The van der Waals surface area contributed by atoms with E-state index in [9.17, 15) is 22.8 Å². The number of alkyl halides is 5. The molecule has 1 saturated carbocycles. The summed E-state index contributed by atoms with van der Waals surface area (Å²) in [6, 6.07) is 6.08. The van der Waals surface area contributed by atoms with Crippen LogP contribution in [0, 0.1) is 10.8 Å². The lowest BCUT2D eigenvalue weighted by molar-refractivity contribution is -0.189. The number of piperidine rings is 1. The summed E-state index contributed by atoms with van der Waals surface area (Å²) in [5.74, 6) is 0.0157. The van der Waals surface area contributed by atoms with Gasteiger partial charge in [-0.3, -0.25) is 9.59 Å². The first-order valence-electron chi connectivity index (χ1n) is 10.6. The third kappa shape index (κ3) is 3.94. The first-order chi connectivity index (χ1) is 14.8. The van der Waals surface area contributed by atoms with E-state index in [-0.39, 0.29) is 17.6 Å². The lowest BCUT2D eigenvalue weighted by Gasteiger charge is -2.39. The highest BCUT2D eigenvalue weighted by Crippen LogP contribution is 2.64. The predicted molar refractivity (Wildman–Crippen MR) is 115 cm³/mol. The molecule has 5 nitrogen and oxygen atoms in total. The Bertz CT molecular complexity index is 914. The molecule has 1 aliphatic carbocycles. The van der Waals surface area contributed by atoms with E-state index in [1.165, 1.54) is 12.1 Å². The molecule has 32 heavy (non-hydrogen) atoms. The third-order valence-corrected chi connectivity index (χ3v) is 8.27. The summed E-state index contributed by atoms with van der Waals surface area (Å²) >= 11 is 12.3. The zero-order chi connectivity index (χ0) is 23.5. The van der Waals surface area contributed by atoms with Crippen molar-refractivity contribution in [3.05, 3.63) is 24.3 Å². The Hall–Kier alpha value is -1.67. The number of nitrogens with zero attached hydrogens (tertiary/aromatic N) is 2. The monoisotopic (exact) mass is 492 g/mol. The molecule has 2 amide bonds. The number of anilines is 1. The van der Waals surface area contributed by atoms with Crippen molar-refractivity contribution in [1.82, 2.24) is 4.90 Å². The molecule has 2 atom stereocenters. The standard InChI is InChI=1S/C22H25Cl2F3N2O3/c1-14(22(25,26)27)32-16-5-3-15(4-6-16)29-12-9-20(18(29)31)7-10-28(11-8-20)17(30)19(2)13-21(19,23)24/h3-6,14H,7-13H2,1-2H3. The van der Waals surface area contributed by atoms with Gasteiger partial charge in [-0.1, -0.05) is 0 Å². The minimum Gasteiger partial charge on any atom is -0.481 e. The van der Waals surface area contributed by atoms with E-state index in [0.717, 1.165) is 6.92 Å². The molecule has 176 valence electrons. The predicted octanol–water partition coefficient (Wildman–Crippen LogP) is 4.95. The average Bonchev–Trinajstić information content (AvgIpc) is 3.10. The maximum atomic E-state index is 13.3. The van der Waals surface area contributed by atoms with Crippen molar-refractivity contribution in [3.8, 4) is 5.75 Å². The SMILES string of the molecule is CC(Oc1ccc(N2CCC3(CCN(C(=O)C4(C)CC4(Cl)Cl)CC3)C2=O)cc1)C(F)(F)F. The molecular weight excluding hydrogens is 468 g/mol. The highest BCUT2D eigenvalue weighted by atomic mass is 35.5. The first kappa shape index (κ1) is 23.5. The Morgan fingerprint density at radius 2 is 1.62 bits per heavy atom. The van der Waals surface area contributed by atoms with Crippen LogP contribution in [0.4, 0.5) is 18.9 Å². The van der Waals surface area contributed by atoms with Crippen molar-refractivity contribution in [1.29, 1.82) is 0 Å². The van der Waals surface area contributed by atoms with Gasteiger partial charge >= 0.3 is 6.18 Å². The van der Waals surface area contributed by atoms with Gasteiger partial charge in [-0.2, -0.15) is 13.2 Å². The Balaban J connectivity index is 1.38. The molecule has 3 aliphatic rings. The summed E-state index contributed by atoms with van der Waals surface area (Å²) in [4.78, 5) is 29.5. The van der Waals surface area contributed by atoms with Crippen LogP contribution < -0.4 is 9.64 Å². The molecule has 2 heterocycles. The quantitative estimate of drug-likeness (QED) is 0.559. The maximum absolute atomic E-state index is 13.3. The number of carbonyl (C=O) groups is 2. The van der Waals surface area contributed by atoms with Crippen molar-refractivity contribution < 1.29 is 27.5 Å². The van der Waals surface area contributed by atoms with Gasteiger partial charge < -0.3 is 14.5 Å². The van der Waals surface area contributed by atoms with Crippen molar-refractivity contribution in [3.63, 3.8) is 0 Å². The van der Waals surface area contributed by atoms with Gasteiger partial charge in [0.1, 0.15) is 10.1 Å². The number of rotatable bonds is 4. The van der Waals surface area contributed by atoms with E-state index in [4.69, 9.17) is 27.9 Å². The lowest BCUT2D eigenvalue weighted by atomic mass is 9.77. The van der Waals surface area contributed by atoms with Gasteiger partial charge in [0.25, 0.3) is 0 Å². The van der Waals surface area contributed by atoms with Crippen molar-refractivity contribution in [2.24, 2.45) is 10.8 Å². The molecular formula is C22H25Cl2F3N2O3. The van der Waals surface area contributed by atoms with Gasteiger partial charge in [0, 0.05) is 25.3 Å². The number of carbonyl (C=O) groups excluding carboxylic acids is 2. The second-order valence-corrected chi connectivity index (χ2v) is 10.8. The largest absolute Gasteiger partial charge is 0.481 e. The van der Waals surface area contributed by atoms with E-state index in [2.05, 4.69) is 0 Å². The van der Waals surface area contributed by atoms with Crippen molar-refractivity contribution in [2.75, 3.05) is 24.5 Å². The van der Waals surface area contributed by atoms with Crippen LogP contribution in [-0.4, -0.2) is 53.0 Å². The Labute approximate surface area is 194 Å². The smallest absolute Gasteiger partial charge is 0.425 e. The molecule has 4 rings (SSSR count). The van der Waals surface area contributed by atoms with Crippen LogP contribution in [0.5, 0.6) is 5.75 Å². The summed E-state index contributed by atoms with van der Waals surface area (Å²) in [5, 5.41) is 0. The van der Waals surface area contributed by atoms with Crippen molar-refractivity contribution in [2.45, 2.75) is 56.1 Å². The summed E-state index contributed by atoms with van der Waals surface area (Å²) in [6.07, 6.45) is -4.14. The number of benzene rings is 1. The van der Waals surface area contributed by atoms with Crippen LogP contribution in [0.2, 0.25) is 0 Å². The molecule has 1 aromatic carbocycles. The maximum Gasteiger partial charge on any atom is 0.425 e. The summed E-state index contributed by atoms with van der Waals surface area (Å²) in [7, 11) is 0. The minimum absolute atomic E-state index is 0.0106. The van der Waals surface area contributed by atoms with E-state index >= 15 is 0 Å². The van der Waals surface area contributed by atoms with Gasteiger partial charge in [-0.05, 0) is 63.8 Å². The van der Waals surface area contributed by atoms with Crippen LogP contribution in [0.1, 0.15) is 39.5 Å². The van der Waals surface area contributed by atoms with Gasteiger partial charge in [-0.25, -0.2) is 0 Å². The molecule has 3 fully saturated rings. The fraction of sp³-hybridized carbons (Fsp3) is 0.636. The zero-order valence-corrected chi connectivity index (χ0v) is 19.4. The molecule has 2 saturated heterocycles. The highest BCUT2D eigenvalue weighted by molar-refractivity contribution is 6.53. The average molecular weight is 493 g/mol. The van der Waals surface area contributed by atoms with Crippen LogP contribution in [0.25, 0.3) is 0 Å². The van der Waals surface area contributed by atoms with Gasteiger partial charge in [0.2, 0.25) is 11.8 Å². The molecule has 1 aromatic rings. The fourth-order valence-electron chi connectivity index (χ4n) is 4.63. The second kappa shape index (κ2) is 7.69. The van der Waals surface area contributed by atoms with E-state index in [1.807, 2.05) is 0 Å². The number of ether oxygens (including phenoxy) is 1. The molecule has 2 aliphatic heterocycles. The van der Waals surface area contributed by atoms with Crippen LogP contribution >= 0.6 is 23.2 Å². The Kier molecular flexibility index (Phi) is 5.64. The third-order valence-electron chi connectivity index (χ3n) is 7.17. The molecule has 10 heteroatoms. The normalized spacial score (nSPS) is 27.5. The van der Waals surface area contributed by atoms with Crippen LogP contribution in [0.15, 0.2) is 24.3 Å². The second-order valence-electron chi connectivity index (χ2n) is 9.29. The van der Waals surface area contributed by atoms with Gasteiger partial charge in [0.05, 0.1) is 10.8 Å². The van der Waals surface area contributed by atoms with Gasteiger partial charge in [-0.15, -0.1) is 23.2 Å².